The van der Waals surface area contributed by atoms with E-state index in [4.69, 9.17) is 10.5 Å². The van der Waals surface area contributed by atoms with Crippen molar-refractivity contribution in [2.45, 2.75) is 11.8 Å². The molecule has 0 fully saturated rings. The third-order valence-corrected chi connectivity index (χ3v) is 6.34. The number of ether oxygens (including phenoxy) is 1. The zero-order valence-electron chi connectivity index (χ0n) is 18.6. The summed E-state index contributed by atoms with van der Waals surface area (Å²) in [6, 6.07) is 22.3. The number of non-ortho nitro benzene ring substituents is 1. The molecule has 1 aliphatic rings. The number of nitriles is 1. The van der Waals surface area contributed by atoms with E-state index in [1.165, 1.54) is 12.1 Å². The molecule has 2 heterocycles. The maximum Gasteiger partial charge on any atom is 0.269 e. The van der Waals surface area contributed by atoms with E-state index >= 15 is 0 Å². The first-order valence-corrected chi connectivity index (χ1v) is 10.8. The summed E-state index contributed by atoms with van der Waals surface area (Å²) in [7, 11) is 1.54. The quantitative estimate of drug-likeness (QED) is 0.199. The molecular weight excluding hydrogens is 446 g/mol. The number of nitrogens with one attached hydrogen (secondary N) is 1. The summed E-state index contributed by atoms with van der Waals surface area (Å²) in [5, 5.41) is 21.3. The van der Waals surface area contributed by atoms with Gasteiger partial charge in [0.25, 0.3) is 5.69 Å². The highest BCUT2D eigenvalue weighted by Crippen LogP contribution is 2.43. The Morgan fingerprint density at radius 2 is 1.80 bits per heavy atom. The molecule has 0 amide bonds. The number of carbonyl (C=O) groups is 1. The van der Waals surface area contributed by atoms with E-state index in [1.54, 1.807) is 48.1 Å². The number of nitro groups is 1. The lowest BCUT2D eigenvalue weighted by Gasteiger charge is -2.28. The van der Waals surface area contributed by atoms with Gasteiger partial charge in [-0.25, -0.2) is 0 Å². The average Bonchev–Trinajstić information content (AvgIpc) is 3.28. The van der Waals surface area contributed by atoms with Gasteiger partial charge in [0.1, 0.15) is 34.3 Å². The maximum absolute atomic E-state index is 14.0. The van der Waals surface area contributed by atoms with Gasteiger partial charge in [-0.2, -0.15) is 9.83 Å². The van der Waals surface area contributed by atoms with E-state index < -0.39 is 16.8 Å². The summed E-state index contributed by atoms with van der Waals surface area (Å²) in [5.41, 5.74) is 9.17. The molecular formula is C26H20N5O4+. The van der Waals surface area contributed by atoms with E-state index in [0.717, 1.165) is 11.0 Å². The Morgan fingerprint density at radius 1 is 1.11 bits per heavy atom. The molecule has 0 spiro atoms. The molecule has 0 bridgehead atoms. The molecule has 0 radical (unpaired) electrons. The van der Waals surface area contributed by atoms with Crippen LogP contribution >= 0.6 is 0 Å². The lowest BCUT2D eigenvalue weighted by atomic mass is 9.75. The standard InChI is InChI=1S/C26H19N5O4/c1-35-18-12-8-16(9-13-18)24(32)23-22(15-6-10-17(11-7-15)31(33)34)19(14-27)25(28)30-21-5-3-2-4-20(21)29-26(23)30/h2-13,22-23H,28H2,1H3/p+1/t22-,23+/m0/s1. The molecule has 35 heavy (non-hydrogen) atoms. The van der Waals surface area contributed by atoms with Crippen LogP contribution in [0, 0.1) is 21.4 Å². The Morgan fingerprint density at radius 3 is 2.43 bits per heavy atom. The Kier molecular flexibility index (Phi) is 5.26. The topological polar surface area (TPSA) is 139 Å². The average molecular weight is 466 g/mol. The van der Waals surface area contributed by atoms with E-state index in [2.05, 4.69) is 11.1 Å². The van der Waals surface area contributed by atoms with E-state index in [9.17, 15) is 20.2 Å². The van der Waals surface area contributed by atoms with E-state index in [1.807, 2.05) is 24.3 Å². The monoisotopic (exact) mass is 466 g/mol. The molecule has 0 unspecified atom stereocenters. The highest BCUT2D eigenvalue weighted by atomic mass is 16.6. The lowest BCUT2D eigenvalue weighted by molar-refractivity contribution is -0.567. The van der Waals surface area contributed by atoms with Crippen LogP contribution in [0.15, 0.2) is 78.4 Å². The predicted molar refractivity (Wildman–Crippen MR) is 127 cm³/mol. The summed E-state index contributed by atoms with van der Waals surface area (Å²) >= 11 is 0. The van der Waals surface area contributed by atoms with E-state index in [-0.39, 0.29) is 22.9 Å². The largest absolute Gasteiger partial charge is 0.497 e. The number of hydrogen-bond donors (Lipinski definition) is 2. The number of benzene rings is 3. The number of aromatic nitrogens is 2. The fourth-order valence-corrected chi connectivity index (χ4v) is 4.68. The van der Waals surface area contributed by atoms with Crippen LogP contribution in [0.3, 0.4) is 0 Å². The number of aromatic amines is 1. The number of nitrogens with zero attached hydrogens (tertiary/aromatic N) is 3. The fourth-order valence-electron chi connectivity index (χ4n) is 4.68. The zero-order valence-corrected chi connectivity index (χ0v) is 18.6. The highest BCUT2D eigenvalue weighted by molar-refractivity contribution is 6.02. The minimum absolute atomic E-state index is 0.0845. The summed E-state index contributed by atoms with van der Waals surface area (Å²) < 4.78 is 6.93. The number of rotatable bonds is 5. The van der Waals surface area contributed by atoms with Crippen molar-refractivity contribution in [3.8, 4) is 11.8 Å². The number of hydrogen-bond acceptors (Lipinski definition) is 6. The molecule has 2 atom stereocenters. The van der Waals surface area contributed by atoms with Gasteiger partial charge in [-0.05, 0) is 42.0 Å². The molecule has 172 valence electrons. The maximum atomic E-state index is 14.0. The normalized spacial score (nSPS) is 17.0. The van der Waals surface area contributed by atoms with Crippen molar-refractivity contribution in [3.05, 3.63) is 105 Å². The van der Waals surface area contributed by atoms with Crippen molar-refractivity contribution in [1.29, 1.82) is 5.26 Å². The molecule has 3 N–H and O–H groups in total. The van der Waals surface area contributed by atoms with Gasteiger partial charge in [-0.3, -0.25) is 19.9 Å². The van der Waals surface area contributed by atoms with E-state index in [0.29, 0.717) is 22.7 Å². The van der Waals surface area contributed by atoms with Gasteiger partial charge in [-0.1, -0.05) is 24.3 Å². The fraction of sp³-hybridized carbons (Fsp3) is 0.115. The second-order valence-corrected chi connectivity index (χ2v) is 8.17. The SMILES string of the molecule is COc1ccc(C(=O)[C@@H]2c3[nH]c4ccccc4[n+]3C(N)=C(C#N)[C@@H]2c2ccc([N+](=O)[O-])cc2)cc1. The van der Waals surface area contributed by atoms with Gasteiger partial charge in [0, 0.05) is 23.6 Å². The van der Waals surface area contributed by atoms with Crippen molar-refractivity contribution in [2.24, 2.45) is 5.73 Å². The van der Waals surface area contributed by atoms with Gasteiger partial charge < -0.3 is 10.5 Å². The second kappa shape index (κ2) is 8.43. The molecule has 0 aliphatic carbocycles. The molecule has 4 aromatic rings. The summed E-state index contributed by atoms with van der Waals surface area (Å²) in [4.78, 5) is 28.0. The summed E-state index contributed by atoms with van der Waals surface area (Å²) in [5.74, 6) is -0.451. The van der Waals surface area contributed by atoms with Crippen LogP contribution < -0.4 is 15.0 Å². The number of allylic oxidation sites excluding steroid dienone is 1. The highest BCUT2D eigenvalue weighted by Gasteiger charge is 2.46. The first-order chi connectivity index (χ1) is 16.9. The third-order valence-electron chi connectivity index (χ3n) is 6.34. The summed E-state index contributed by atoms with van der Waals surface area (Å²) in [6.45, 7) is 0. The third kappa shape index (κ3) is 3.48. The molecule has 3 aromatic carbocycles. The Hall–Kier alpha value is -4.97. The van der Waals surface area contributed by atoms with Crippen molar-refractivity contribution >= 4 is 28.3 Å². The number of fused-ring (bicyclic) bond motifs is 3. The van der Waals surface area contributed by atoms with Gasteiger partial charge >= 0.3 is 0 Å². The number of nitrogens with two attached hydrogens (primary N) is 1. The van der Waals surface area contributed by atoms with Gasteiger partial charge in [0.2, 0.25) is 11.6 Å². The van der Waals surface area contributed by atoms with Gasteiger partial charge in [0.15, 0.2) is 5.78 Å². The van der Waals surface area contributed by atoms with Crippen molar-refractivity contribution in [1.82, 2.24) is 4.98 Å². The number of Topliss-reactive ketones (excluding diaryl/α,β-unsaturated/α-hetero) is 1. The van der Waals surface area contributed by atoms with Gasteiger partial charge in [-0.15, -0.1) is 0 Å². The number of carbonyl (C=O) groups excluding carboxylic acids is 1. The second-order valence-electron chi connectivity index (χ2n) is 8.17. The predicted octanol–water partition coefficient (Wildman–Crippen LogP) is 3.79. The Labute approximate surface area is 199 Å². The summed E-state index contributed by atoms with van der Waals surface area (Å²) in [6.07, 6.45) is 0. The molecule has 1 aliphatic heterocycles. The van der Waals surface area contributed by atoms with Crippen LogP contribution in [-0.4, -0.2) is 22.8 Å². The number of para-hydroxylation sites is 2. The molecule has 9 heteroatoms. The van der Waals surface area contributed by atoms with Crippen LogP contribution in [-0.2, 0) is 0 Å². The molecule has 9 nitrogen and oxygen atoms in total. The zero-order chi connectivity index (χ0) is 24.7. The molecule has 0 saturated carbocycles. The van der Waals surface area contributed by atoms with Crippen molar-refractivity contribution < 1.29 is 19.0 Å². The number of methoxy groups -OCH3 is 1. The first kappa shape index (κ1) is 21.9. The van der Waals surface area contributed by atoms with Crippen molar-refractivity contribution in [2.75, 3.05) is 7.11 Å². The Balaban J connectivity index is 1.76. The smallest absolute Gasteiger partial charge is 0.269 e. The molecule has 1 aromatic heterocycles. The van der Waals surface area contributed by atoms with Crippen LogP contribution in [0.2, 0.25) is 0 Å². The number of H-pyrrole nitrogens is 1. The lowest BCUT2D eigenvalue weighted by Crippen LogP contribution is -2.48. The number of nitro benzene ring substituents is 1. The molecule has 0 saturated heterocycles. The molecule has 5 rings (SSSR count). The number of imidazole rings is 1. The minimum atomic E-state index is -0.834. The van der Waals surface area contributed by atoms with Crippen LogP contribution in [0.25, 0.3) is 16.9 Å². The Bertz CT molecular complexity index is 1550. The first-order valence-electron chi connectivity index (χ1n) is 10.8. The van der Waals surface area contributed by atoms with Crippen LogP contribution in [0.5, 0.6) is 5.75 Å². The van der Waals surface area contributed by atoms with Crippen LogP contribution in [0.4, 0.5) is 5.69 Å². The van der Waals surface area contributed by atoms with Crippen LogP contribution in [0.1, 0.15) is 33.6 Å². The van der Waals surface area contributed by atoms with Gasteiger partial charge in [0.05, 0.1) is 12.0 Å². The van der Waals surface area contributed by atoms with Crippen molar-refractivity contribution in [3.63, 3.8) is 0 Å². The number of ketones is 1. The minimum Gasteiger partial charge on any atom is -0.497 e.